The van der Waals surface area contributed by atoms with Gasteiger partial charge in [-0.1, -0.05) is 56.8 Å². The van der Waals surface area contributed by atoms with E-state index in [1.807, 2.05) is 44.2 Å². The Hall–Kier alpha value is -4.65. The number of benzene rings is 3. The maximum absolute atomic E-state index is 12.9. The Morgan fingerprint density at radius 1 is 1.07 bits per heavy atom. The van der Waals surface area contributed by atoms with Crippen LogP contribution < -0.4 is 15.0 Å². The second-order valence-corrected chi connectivity index (χ2v) is 11.9. The Morgan fingerprint density at radius 2 is 1.78 bits per heavy atom. The normalized spacial score (nSPS) is 15.2. The van der Waals surface area contributed by atoms with E-state index in [1.54, 1.807) is 12.1 Å². The van der Waals surface area contributed by atoms with Crippen molar-refractivity contribution in [2.24, 2.45) is 4.99 Å². The summed E-state index contributed by atoms with van der Waals surface area (Å²) in [5, 5.41) is 7.60. The Kier molecular flexibility index (Phi) is 9.28. The van der Waals surface area contributed by atoms with E-state index < -0.39 is 12.4 Å². The zero-order chi connectivity index (χ0) is 32.3. The van der Waals surface area contributed by atoms with Crippen LogP contribution in [0, 0.1) is 6.92 Å². The van der Waals surface area contributed by atoms with Crippen LogP contribution in [0.25, 0.3) is 5.69 Å². The van der Waals surface area contributed by atoms with Crippen molar-refractivity contribution in [3.05, 3.63) is 95.6 Å². The molecule has 5 rings (SSSR count). The van der Waals surface area contributed by atoms with Crippen LogP contribution >= 0.6 is 11.8 Å². The average molecular weight is 637 g/mol. The lowest BCUT2D eigenvalue weighted by Gasteiger charge is -2.22. The maximum atomic E-state index is 12.9. The molecular formula is C32H31F3N6O3S. The van der Waals surface area contributed by atoms with Gasteiger partial charge < -0.3 is 10.1 Å². The molecule has 1 unspecified atom stereocenters. The molecule has 1 atom stereocenters. The van der Waals surface area contributed by atoms with Gasteiger partial charge in [0.2, 0.25) is 5.91 Å². The van der Waals surface area contributed by atoms with Crippen molar-refractivity contribution in [3.8, 4) is 11.4 Å². The lowest BCUT2D eigenvalue weighted by molar-refractivity contribution is -0.274. The highest BCUT2D eigenvalue weighted by atomic mass is 32.2. The van der Waals surface area contributed by atoms with Crippen molar-refractivity contribution >= 4 is 40.2 Å². The van der Waals surface area contributed by atoms with Crippen molar-refractivity contribution in [2.45, 2.75) is 52.3 Å². The van der Waals surface area contributed by atoms with Crippen molar-refractivity contribution in [2.75, 3.05) is 16.0 Å². The van der Waals surface area contributed by atoms with Crippen molar-refractivity contribution in [3.63, 3.8) is 0 Å². The quantitative estimate of drug-likeness (QED) is 0.214. The number of carbonyl (C=O) groups excluding carboxylic acids is 2. The fraction of sp³-hybridized carbons (Fsp3) is 0.281. The predicted octanol–water partition coefficient (Wildman–Crippen LogP) is 7.61. The van der Waals surface area contributed by atoms with E-state index in [0.29, 0.717) is 28.8 Å². The first-order valence-corrected chi connectivity index (χ1v) is 15.2. The third-order valence-corrected chi connectivity index (χ3v) is 7.97. The van der Waals surface area contributed by atoms with E-state index in [-0.39, 0.29) is 29.2 Å². The summed E-state index contributed by atoms with van der Waals surface area (Å²) in [6, 6.07) is 18.1. The molecule has 0 spiro atoms. The number of halogens is 3. The van der Waals surface area contributed by atoms with Gasteiger partial charge in [-0.3, -0.25) is 9.69 Å². The molecule has 234 valence electrons. The first-order valence-electron chi connectivity index (χ1n) is 14.2. The van der Waals surface area contributed by atoms with E-state index >= 15 is 0 Å². The van der Waals surface area contributed by atoms with Gasteiger partial charge in [-0.05, 0) is 78.4 Å². The van der Waals surface area contributed by atoms with Crippen molar-refractivity contribution < 1.29 is 27.5 Å². The highest BCUT2D eigenvalue weighted by Gasteiger charge is 2.33. The number of aromatic nitrogens is 3. The summed E-state index contributed by atoms with van der Waals surface area (Å²) in [5.41, 5.74) is 4.85. The van der Waals surface area contributed by atoms with Gasteiger partial charge in [-0.25, -0.2) is 14.5 Å². The fourth-order valence-corrected chi connectivity index (χ4v) is 5.71. The summed E-state index contributed by atoms with van der Waals surface area (Å²) in [4.78, 5) is 35.8. The van der Waals surface area contributed by atoms with E-state index in [0.717, 1.165) is 22.4 Å². The second-order valence-electron chi connectivity index (χ2n) is 11.0. The topological polar surface area (TPSA) is 102 Å². The summed E-state index contributed by atoms with van der Waals surface area (Å²) >= 11 is 1.23. The molecule has 1 aromatic heterocycles. The van der Waals surface area contributed by atoms with E-state index in [9.17, 15) is 22.8 Å². The highest BCUT2D eigenvalue weighted by Crippen LogP contribution is 2.34. The molecule has 4 aromatic rings. The number of hydrogen-bond acceptors (Lipinski definition) is 6. The molecule has 2 heterocycles. The number of thioether (sulfide) groups is 1. The minimum atomic E-state index is -4.76. The van der Waals surface area contributed by atoms with Crippen molar-refractivity contribution in [1.82, 2.24) is 14.8 Å². The zero-order valence-electron chi connectivity index (χ0n) is 25.0. The van der Waals surface area contributed by atoms with Crippen LogP contribution in [0.4, 0.5) is 29.3 Å². The number of nitrogens with zero attached hydrogens (tertiary/aromatic N) is 5. The molecule has 0 saturated carbocycles. The molecule has 45 heavy (non-hydrogen) atoms. The minimum absolute atomic E-state index is 0.0637. The fourth-order valence-electron chi connectivity index (χ4n) is 4.85. The molecule has 1 aliphatic heterocycles. The third kappa shape index (κ3) is 7.90. The Bertz CT molecular complexity index is 1720. The standard InChI is InChI=1S/C32H31F3N6O3S/c1-19(2)26-14-5-20(3)15-27(26)41-28(42)17-45-31(41)38-30(43)37-23-8-6-22(7-9-23)16-21(4)29-36-18-40(39-29)24-10-12-25(13-11-24)44-32(33,34)35/h5-15,18-19,21H,16-17H2,1-4H3,(H,37,43)/b38-31-. The SMILES string of the molecule is Cc1ccc(C(C)C)c(N2C(=O)CS/C2=N\C(=O)Nc2ccc(CC(C)c3ncn(-c4ccc(OC(F)(F)F)cc4)n3)cc2)c1. The highest BCUT2D eigenvalue weighted by molar-refractivity contribution is 8.15. The largest absolute Gasteiger partial charge is 0.573 e. The Morgan fingerprint density at radius 3 is 2.44 bits per heavy atom. The number of urea groups is 1. The van der Waals surface area contributed by atoms with Crippen LogP contribution in [0.1, 0.15) is 55.1 Å². The van der Waals surface area contributed by atoms with Crippen LogP contribution in [-0.4, -0.2) is 44.0 Å². The van der Waals surface area contributed by atoms with Gasteiger partial charge in [-0.2, -0.15) is 10.1 Å². The molecule has 13 heteroatoms. The van der Waals surface area contributed by atoms with E-state index in [4.69, 9.17) is 0 Å². The molecule has 1 aliphatic rings. The van der Waals surface area contributed by atoms with Gasteiger partial charge in [0, 0.05) is 11.6 Å². The maximum Gasteiger partial charge on any atom is 0.573 e. The van der Waals surface area contributed by atoms with Crippen LogP contribution in [0.3, 0.4) is 0 Å². The van der Waals surface area contributed by atoms with E-state index in [1.165, 1.54) is 51.9 Å². The molecule has 0 bridgehead atoms. The predicted molar refractivity (Wildman–Crippen MR) is 168 cm³/mol. The number of alkyl halides is 3. The molecular weight excluding hydrogens is 605 g/mol. The Labute approximate surface area is 262 Å². The monoisotopic (exact) mass is 636 g/mol. The molecule has 1 N–H and O–H groups in total. The zero-order valence-corrected chi connectivity index (χ0v) is 25.8. The minimum Gasteiger partial charge on any atom is -0.406 e. The van der Waals surface area contributed by atoms with Gasteiger partial charge in [-0.15, -0.1) is 13.2 Å². The van der Waals surface area contributed by atoms with Gasteiger partial charge in [0.15, 0.2) is 11.0 Å². The summed E-state index contributed by atoms with van der Waals surface area (Å²) in [6.45, 7) is 8.04. The smallest absolute Gasteiger partial charge is 0.406 e. The number of nitrogens with one attached hydrogen (secondary N) is 1. The first-order chi connectivity index (χ1) is 21.4. The number of hydrogen-bond donors (Lipinski definition) is 1. The number of amidine groups is 1. The number of amides is 3. The van der Waals surface area contributed by atoms with Gasteiger partial charge >= 0.3 is 12.4 Å². The molecule has 1 fully saturated rings. The average Bonchev–Trinajstić information content (AvgIpc) is 3.60. The molecule has 3 amide bonds. The molecule has 0 radical (unpaired) electrons. The van der Waals surface area contributed by atoms with Crippen LogP contribution in [0.2, 0.25) is 0 Å². The summed E-state index contributed by atoms with van der Waals surface area (Å²) in [6.07, 6.45) is -2.64. The Balaban J connectivity index is 1.21. The van der Waals surface area contributed by atoms with Crippen molar-refractivity contribution in [1.29, 1.82) is 0 Å². The summed E-state index contributed by atoms with van der Waals surface area (Å²) < 4.78 is 42.7. The molecule has 0 aliphatic carbocycles. The third-order valence-electron chi connectivity index (χ3n) is 7.04. The number of anilines is 2. The summed E-state index contributed by atoms with van der Waals surface area (Å²) in [7, 11) is 0. The number of aliphatic imine (C=N–C) groups is 1. The van der Waals surface area contributed by atoms with Gasteiger partial charge in [0.25, 0.3) is 0 Å². The first kappa shape index (κ1) is 31.8. The molecule has 3 aromatic carbocycles. The number of ether oxygens (including phenoxy) is 1. The van der Waals surface area contributed by atoms with Crippen LogP contribution in [-0.2, 0) is 11.2 Å². The van der Waals surface area contributed by atoms with Gasteiger partial charge in [0.05, 0.1) is 17.1 Å². The number of rotatable bonds is 8. The number of carbonyl (C=O) groups is 2. The number of aryl methyl sites for hydroxylation is 1. The van der Waals surface area contributed by atoms with E-state index in [2.05, 4.69) is 39.0 Å². The lowest BCUT2D eigenvalue weighted by Crippen LogP contribution is -2.31. The summed E-state index contributed by atoms with van der Waals surface area (Å²) in [5.74, 6) is 0.465. The molecule has 1 saturated heterocycles. The molecule has 9 nitrogen and oxygen atoms in total. The second kappa shape index (κ2) is 13.1. The van der Waals surface area contributed by atoms with Crippen LogP contribution in [0.5, 0.6) is 5.75 Å². The lowest BCUT2D eigenvalue weighted by atomic mass is 9.99. The van der Waals surface area contributed by atoms with Crippen LogP contribution in [0.15, 0.2) is 78.0 Å². The van der Waals surface area contributed by atoms with Gasteiger partial charge in [0.1, 0.15) is 12.1 Å².